The smallest absolute Gasteiger partial charge is 0.273 e. The SMILES string of the molecule is CCNc1cc(N2CC3CCC2C3)cc([N+](=O)[O-])c1. The molecule has 0 spiro atoms. The largest absolute Gasteiger partial charge is 0.385 e. The summed E-state index contributed by atoms with van der Waals surface area (Å²) in [6.07, 6.45) is 3.79. The minimum atomic E-state index is -0.307. The van der Waals surface area contributed by atoms with Crippen LogP contribution in [0.15, 0.2) is 18.2 Å². The molecule has 19 heavy (non-hydrogen) atoms. The number of non-ortho nitro benzene ring substituents is 1. The average Bonchev–Trinajstić information content (AvgIpc) is 3.01. The lowest BCUT2D eigenvalue weighted by Crippen LogP contribution is -2.31. The van der Waals surface area contributed by atoms with Gasteiger partial charge in [0.25, 0.3) is 5.69 Å². The first-order valence-corrected chi connectivity index (χ1v) is 6.97. The molecule has 1 saturated carbocycles. The van der Waals surface area contributed by atoms with Gasteiger partial charge in [-0.3, -0.25) is 10.1 Å². The fraction of sp³-hybridized carbons (Fsp3) is 0.571. The Morgan fingerprint density at radius 1 is 1.42 bits per heavy atom. The second-order valence-corrected chi connectivity index (χ2v) is 5.51. The molecule has 1 aliphatic carbocycles. The van der Waals surface area contributed by atoms with Gasteiger partial charge in [0.15, 0.2) is 0 Å². The molecule has 3 rings (SSSR count). The van der Waals surface area contributed by atoms with Crippen LogP contribution in [-0.4, -0.2) is 24.1 Å². The summed E-state index contributed by atoms with van der Waals surface area (Å²) in [6.45, 7) is 3.82. The Bertz CT molecular complexity index is 503. The Labute approximate surface area is 112 Å². The molecule has 2 fully saturated rings. The normalized spacial score (nSPS) is 24.8. The highest BCUT2D eigenvalue weighted by atomic mass is 16.6. The maximum atomic E-state index is 11.0. The summed E-state index contributed by atoms with van der Waals surface area (Å²) in [4.78, 5) is 13.1. The molecule has 1 heterocycles. The predicted octanol–water partition coefficient (Wildman–Crippen LogP) is 3.02. The van der Waals surface area contributed by atoms with E-state index in [0.29, 0.717) is 6.04 Å². The Morgan fingerprint density at radius 3 is 2.84 bits per heavy atom. The highest BCUT2D eigenvalue weighted by Gasteiger charge is 2.38. The van der Waals surface area contributed by atoms with Gasteiger partial charge in [0.1, 0.15) is 0 Å². The molecule has 2 atom stereocenters. The summed E-state index contributed by atoms with van der Waals surface area (Å²) in [5.74, 6) is 0.784. The lowest BCUT2D eigenvalue weighted by atomic mass is 10.1. The molecule has 2 aliphatic rings. The number of piperidine rings is 1. The van der Waals surface area contributed by atoms with Gasteiger partial charge in [-0.25, -0.2) is 0 Å². The first-order chi connectivity index (χ1) is 9.17. The third-order valence-electron chi connectivity index (χ3n) is 4.24. The molecule has 2 bridgehead atoms. The van der Waals surface area contributed by atoms with E-state index < -0.39 is 0 Å². The van der Waals surface area contributed by atoms with Gasteiger partial charge in [0, 0.05) is 42.6 Å². The minimum absolute atomic E-state index is 0.177. The van der Waals surface area contributed by atoms with Crippen molar-refractivity contribution in [1.82, 2.24) is 0 Å². The van der Waals surface area contributed by atoms with E-state index in [1.165, 1.54) is 19.3 Å². The molecule has 1 aromatic carbocycles. The second-order valence-electron chi connectivity index (χ2n) is 5.51. The Balaban J connectivity index is 1.93. The fourth-order valence-corrected chi connectivity index (χ4v) is 3.41. The van der Waals surface area contributed by atoms with Gasteiger partial charge >= 0.3 is 0 Å². The molecule has 5 heteroatoms. The third kappa shape index (κ3) is 2.25. The molecule has 0 aromatic heterocycles. The number of benzene rings is 1. The second kappa shape index (κ2) is 4.72. The average molecular weight is 261 g/mol. The van der Waals surface area contributed by atoms with Crippen molar-refractivity contribution < 1.29 is 4.92 Å². The molecular weight excluding hydrogens is 242 g/mol. The van der Waals surface area contributed by atoms with Crippen LogP contribution in [0.25, 0.3) is 0 Å². The molecule has 1 aliphatic heterocycles. The fourth-order valence-electron chi connectivity index (χ4n) is 3.41. The van der Waals surface area contributed by atoms with Crippen molar-refractivity contribution in [2.75, 3.05) is 23.3 Å². The number of nitrogens with one attached hydrogen (secondary N) is 1. The van der Waals surface area contributed by atoms with Crippen molar-refractivity contribution in [3.63, 3.8) is 0 Å². The zero-order valence-electron chi connectivity index (χ0n) is 11.1. The summed E-state index contributed by atoms with van der Waals surface area (Å²) >= 11 is 0. The van der Waals surface area contributed by atoms with Crippen molar-refractivity contribution in [2.45, 2.75) is 32.2 Å². The third-order valence-corrected chi connectivity index (χ3v) is 4.24. The Hall–Kier alpha value is -1.78. The molecule has 0 amide bonds. The Kier molecular flexibility index (Phi) is 3.05. The number of nitro groups is 1. The lowest BCUT2D eigenvalue weighted by molar-refractivity contribution is -0.384. The molecule has 102 valence electrons. The number of rotatable bonds is 4. The molecule has 1 aromatic rings. The molecule has 0 radical (unpaired) electrons. The number of nitrogens with zero attached hydrogens (tertiary/aromatic N) is 2. The van der Waals surface area contributed by atoms with Crippen molar-refractivity contribution in [1.29, 1.82) is 0 Å². The van der Waals surface area contributed by atoms with E-state index in [2.05, 4.69) is 10.2 Å². The van der Waals surface area contributed by atoms with E-state index in [9.17, 15) is 10.1 Å². The number of fused-ring (bicyclic) bond motifs is 2. The van der Waals surface area contributed by atoms with E-state index in [1.54, 1.807) is 12.1 Å². The van der Waals surface area contributed by atoms with Gasteiger partial charge in [-0.2, -0.15) is 0 Å². The van der Waals surface area contributed by atoms with Crippen LogP contribution in [0.4, 0.5) is 17.1 Å². The summed E-state index contributed by atoms with van der Waals surface area (Å²) in [7, 11) is 0. The number of hydrogen-bond acceptors (Lipinski definition) is 4. The molecule has 5 nitrogen and oxygen atoms in total. The number of hydrogen-bond donors (Lipinski definition) is 1. The van der Waals surface area contributed by atoms with Gasteiger partial charge < -0.3 is 10.2 Å². The topological polar surface area (TPSA) is 58.4 Å². The summed E-state index contributed by atoms with van der Waals surface area (Å²) < 4.78 is 0. The van der Waals surface area contributed by atoms with Crippen molar-refractivity contribution >= 4 is 17.1 Å². The standard InChI is InChI=1S/C14H19N3O2/c1-2-15-11-6-13(8-14(7-11)17(18)19)16-9-10-3-4-12(16)5-10/h6-8,10,12,15H,2-5,9H2,1H3. The van der Waals surface area contributed by atoms with Crippen LogP contribution in [0.1, 0.15) is 26.2 Å². The quantitative estimate of drug-likeness (QED) is 0.668. The van der Waals surface area contributed by atoms with Crippen molar-refractivity contribution in [3.05, 3.63) is 28.3 Å². The van der Waals surface area contributed by atoms with Crippen molar-refractivity contribution in [3.8, 4) is 0 Å². The van der Waals surface area contributed by atoms with Crippen LogP contribution in [-0.2, 0) is 0 Å². The maximum absolute atomic E-state index is 11.0. The van der Waals surface area contributed by atoms with Crippen LogP contribution < -0.4 is 10.2 Å². The summed E-state index contributed by atoms with van der Waals surface area (Å²) in [5, 5.41) is 14.2. The van der Waals surface area contributed by atoms with Gasteiger partial charge in [-0.1, -0.05) is 0 Å². The summed E-state index contributed by atoms with van der Waals surface area (Å²) in [6, 6.07) is 5.95. The van der Waals surface area contributed by atoms with E-state index in [1.807, 2.05) is 13.0 Å². The summed E-state index contributed by atoms with van der Waals surface area (Å²) in [5.41, 5.74) is 2.02. The van der Waals surface area contributed by atoms with Crippen molar-refractivity contribution in [2.24, 2.45) is 5.92 Å². The zero-order valence-corrected chi connectivity index (χ0v) is 11.1. The van der Waals surface area contributed by atoms with E-state index >= 15 is 0 Å². The van der Waals surface area contributed by atoms with Crippen LogP contribution in [0.5, 0.6) is 0 Å². The van der Waals surface area contributed by atoms with Gasteiger partial charge in [0.05, 0.1) is 4.92 Å². The van der Waals surface area contributed by atoms with E-state index in [4.69, 9.17) is 0 Å². The molecule has 1 saturated heterocycles. The molecule has 2 unspecified atom stereocenters. The first kappa shape index (κ1) is 12.3. The molecule has 1 N–H and O–H groups in total. The van der Waals surface area contributed by atoms with Crippen LogP contribution in [0.2, 0.25) is 0 Å². The van der Waals surface area contributed by atoms with Crippen LogP contribution in [0, 0.1) is 16.0 Å². The van der Waals surface area contributed by atoms with Gasteiger partial charge in [-0.05, 0) is 38.2 Å². The van der Waals surface area contributed by atoms with Crippen LogP contribution >= 0.6 is 0 Å². The highest BCUT2D eigenvalue weighted by molar-refractivity contribution is 5.65. The van der Waals surface area contributed by atoms with E-state index in [0.717, 1.165) is 30.4 Å². The molecular formula is C14H19N3O2. The highest BCUT2D eigenvalue weighted by Crippen LogP contribution is 2.41. The predicted molar refractivity (Wildman–Crippen MR) is 75.7 cm³/mol. The monoisotopic (exact) mass is 261 g/mol. The lowest BCUT2D eigenvalue weighted by Gasteiger charge is -2.29. The minimum Gasteiger partial charge on any atom is -0.385 e. The van der Waals surface area contributed by atoms with Gasteiger partial charge in [0.2, 0.25) is 0 Å². The number of nitro benzene ring substituents is 1. The maximum Gasteiger partial charge on any atom is 0.273 e. The first-order valence-electron chi connectivity index (χ1n) is 6.97. The van der Waals surface area contributed by atoms with Gasteiger partial charge in [-0.15, -0.1) is 0 Å². The van der Waals surface area contributed by atoms with E-state index in [-0.39, 0.29) is 10.6 Å². The Morgan fingerprint density at radius 2 is 2.26 bits per heavy atom. The van der Waals surface area contributed by atoms with Crippen LogP contribution in [0.3, 0.4) is 0 Å². The zero-order chi connectivity index (χ0) is 13.4. The number of anilines is 2.